The summed E-state index contributed by atoms with van der Waals surface area (Å²) in [5.41, 5.74) is 3.19. The van der Waals surface area contributed by atoms with Crippen molar-refractivity contribution in [2.45, 2.75) is 82.8 Å². The highest BCUT2D eigenvalue weighted by molar-refractivity contribution is 7.83. The molecule has 1 heterocycles. The van der Waals surface area contributed by atoms with E-state index in [2.05, 4.69) is 55.6 Å². The quantitative estimate of drug-likeness (QED) is 0.165. The minimum absolute atomic E-state index is 0.0338. The van der Waals surface area contributed by atoms with Gasteiger partial charge in [0, 0.05) is 56.1 Å². The van der Waals surface area contributed by atoms with Crippen LogP contribution in [0, 0.1) is 5.92 Å². The van der Waals surface area contributed by atoms with Gasteiger partial charge in [0.2, 0.25) is 6.41 Å². The van der Waals surface area contributed by atoms with E-state index in [1.807, 2.05) is 36.4 Å². The van der Waals surface area contributed by atoms with Gasteiger partial charge in [-0.25, -0.2) is 9.00 Å². The molecule has 2 aromatic rings. The molecule has 2 aromatic carbocycles. The first kappa shape index (κ1) is 37.4. The number of nitrogens with one attached hydrogen (secondary N) is 2. The SMILES string of the molecule is CCCc1cc(Cl)ccc1C1COc2ccc(S(=O)NC=O)cc2N(CCC(CC)C(/C=C/CNC(C)(C)C)OC(=O)N(C)C)C1. The molecule has 0 spiro atoms. The molecule has 0 bridgehead atoms. The lowest BCUT2D eigenvalue weighted by Crippen LogP contribution is -2.36. The number of fused-ring (bicyclic) bond motifs is 1. The summed E-state index contributed by atoms with van der Waals surface area (Å²) in [5.74, 6) is 0.789. The van der Waals surface area contributed by atoms with E-state index in [9.17, 15) is 13.8 Å². The van der Waals surface area contributed by atoms with Crippen LogP contribution >= 0.6 is 11.6 Å². The number of hydrogen-bond acceptors (Lipinski definition) is 7. The Kier molecular flexibility index (Phi) is 14.4. The van der Waals surface area contributed by atoms with Gasteiger partial charge in [-0.15, -0.1) is 0 Å². The highest BCUT2D eigenvalue weighted by atomic mass is 35.5. The highest BCUT2D eigenvalue weighted by Gasteiger charge is 2.29. The summed E-state index contributed by atoms with van der Waals surface area (Å²) in [4.78, 5) is 28.0. The first-order chi connectivity index (χ1) is 21.9. The molecule has 0 radical (unpaired) electrons. The molecule has 1 aliphatic rings. The van der Waals surface area contributed by atoms with Crippen molar-refractivity contribution in [3.63, 3.8) is 0 Å². The number of benzene rings is 2. The Labute approximate surface area is 282 Å². The van der Waals surface area contributed by atoms with Crippen LogP contribution < -0.4 is 19.7 Å². The first-order valence-electron chi connectivity index (χ1n) is 16.1. The average molecular weight is 675 g/mol. The number of rotatable bonds is 15. The summed E-state index contributed by atoms with van der Waals surface area (Å²) in [6, 6.07) is 11.5. The van der Waals surface area contributed by atoms with Crippen LogP contribution in [-0.4, -0.2) is 73.6 Å². The molecule has 2 N–H and O–H groups in total. The van der Waals surface area contributed by atoms with E-state index < -0.39 is 17.1 Å². The lowest BCUT2D eigenvalue weighted by atomic mass is 9.91. The maximum atomic E-state index is 12.7. The fraction of sp³-hybridized carbons (Fsp3) is 0.543. The average Bonchev–Trinajstić information content (AvgIpc) is 3.18. The van der Waals surface area contributed by atoms with Crippen LogP contribution in [0.1, 0.15) is 70.9 Å². The Bertz CT molecular complexity index is 1360. The number of aryl methyl sites for hydroxylation is 1. The number of ether oxygens (including phenoxy) is 2. The van der Waals surface area contributed by atoms with E-state index in [0.29, 0.717) is 48.3 Å². The fourth-order valence-corrected chi connectivity index (χ4v) is 6.39. The van der Waals surface area contributed by atoms with Gasteiger partial charge in [-0.1, -0.05) is 44.0 Å². The third kappa shape index (κ3) is 11.0. The summed E-state index contributed by atoms with van der Waals surface area (Å²) >= 11 is 6.40. The van der Waals surface area contributed by atoms with Gasteiger partial charge in [-0.05, 0) is 87.6 Å². The zero-order chi connectivity index (χ0) is 33.9. The second-order valence-electron chi connectivity index (χ2n) is 12.9. The van der Waals surface area contributed by atoms with Crippen LogP contribution in [0.15, 0.2) is 53.4 Å². The van der Waals surface area contributed by atoms with E-state index in [-0.39, 0.29) is 23.5 Å². The normalized spacial score (nSPS) is 17.0. The largest absolute Gasteiger partial charge is 0.491 e. The molecule has 0 aromatic heterocycles. The van der Waals surface area contributed by atoms with Crippen molar-refractivity contribution >= 4 is 40.8 Å². The Morgan fingerprint density at radius 3 is 2.63 bits per heavy atom. The van der Waals surface area contributed by atoms with Gasteiger partial charge in [0.25, 0.3) is 0 Å². The predicted octanol–water partition coefficient (Wildman–Crippen LogP) is 6.47. The molecule has 0 saturated heterocycles. The van der Waals surface area contributed by atoms with Gasteiger partial charge in [0.15, 0.2) is 11.0 Å². The van der Waals surface area contributed by atoms with Gasteiger partial charge >= 0.3 is 6.09 Å². The minimum atomic E-state index is -1.69. The summed E-state index contributed by atoms with van der Waals surface area (Å²) in [5, 5.41) is 4.17. The van der Waals surface area contributed by atoms with Crippen LogP contribution in [0.3, 0.4) is 0 Å². The van der Waals surface area contributed by atoms with Crippen molar-refractivity contribution in [3.8, 4) is 5.75 Å². The third-order valence-electron chi connectivity index (χ3n) is 8.02. The lowest BCUT2D eigenvalue weighted by molar-refractivity contribution is -0.108. The zero-order valence-corrected chi connectivity index (χ0v) is 29.9. The van der Waals surface area contributed by atoms with Crippen molar-refractivity contribution in [1.29, 1.82) is 0 Å². The molecule has 1 aliphatic heterocycles. The minimum Gasteiger partial charge on any atom is -0.491 e. The first-order valence-corrected chi connectivity index (χ1v) is 17.6. The maximum absolute atomic E-state index is 12.7. The van der Waals surface area contributed by atoms with Crippen LogP contribution in [-0.2, 0) is 26.9 Å². The molecular formula is C35H51ClN4O5S. The molecule has 0 saturated carbocycles. The number of nitrogens with zero attached hydrogens (tertiary/aromatic N) is 2. The Morgan fingerprint density at radius 1 is 1.22 bits per heavy atom. The van der Waals surface area contributed by atoms with Crippen molar-refractivity contribution < 1.29 is 23.3 Å². The van der Waals surface area contributed by atoms with Crippen LogP contribution in [0.25, 0.3) is 0 Å². The number of amides is 2. The van der Waals surface area contributed by atoms with Gasteiger partial charge in [-0.2, -0.15) is 0 Å². The molecular weight excluding hydrogens is 624 g/mol. The Balaban J connectivity index is 1.96. The predicted molar refractivity (Wildman–Crippen MR) is 187 cm³/mol. The molecule has 0 aliphatic carbocycles. The second kappa shape index (κ2) is 17.7. The molecule has 4 atom stereocenters. The van der Waals surface area contributed by atoms with Crippen LogP contribution in [0.5, 0.6) is 5.75 Å². The van der Waals surface area contributed by atoms with Crippen molar-refractivity contribution in [3.05, 3.63) is 64.7 Å². The molecule has 254 valence electrons. The Hall–Kier alpha value is -3.08. The number of carbonyl (C=O) groups excluding carboxylic acids is 2. The van der Waals surface area contributed by atoms with E-state index >= 15 is 0 Å². The molecule has 9 nitrogen and oxygen atoms in total. The van der Waals surface area contributed by atoms with E-state index in [1.165, 1.54) is 16.0 Å². The van der Waals surface area contributed by atoms with Crippen molar-refractivity contribution in [1.82, 2.24) is 14.9 Å². The Morgan fingerprint density at radius 2 is 1.98 bits per heavy atom. The summed E-state index contributed by atoms with van der Waals surface area (Å²) in [6.07, 6.45) is 7.10. The fourth-order valence-electron chi connectivity index (χ4n) is 5.56. The number of carbonyl (C=O) groups is 2. The topological polar surface area (TPSA) is 100 Å². The van der Waals surface area contributed by atoms with E-state index in [1.54, 1.807) is 20.2 Å². The van der Waals surface area contributed by atoms with Crippen LogP contribution in [0.4, 0.5) is 10.5 Å². The van der Waals surface area contributed by atoms with Gasteiger partial charge in [0.1, 0.15) is 11.9 Å². The smallest absolute Gasteiger partial charge is 0.409 e. The number of anilines is 1. The number of halogens is 1. The maximum Gasteiger partial charge on any atom is 0.409 e. The molecule has 46 heavy (non-hydrogen) atoms. The summed E-state index contributed by atoms with van der Waals surface area (Å²) in [6.45, 7) is 13.0. The standard InChI is InChI=1S/C35H51ClN4O5S/c1-8-11-26-20-28(36)13-15-30(26)27-22-40(31-21-29(46(43)38-24-41)14-16-33(31)44-23-27)19-17-25(9-2)32(45-34(42)39(6)7)12-10-18-37-35(3,4)5/h10,12-16,20-21,24-25,27,32,37H,8-9,11,17-19,22-23H2,1-7H3,(H,38,41)/b12-10+. The summed E-state index contributed by atoms with van der Waals surface area (Å²) in [7, 11) is 1.68. The van der Waals surface area contributed by atoms with Gasteiger partial charge < -0.3 is 24.6 Å². The van der Waals surface area contributed by atoms with Crippen molar-refractivity contribution in [2.75, 3.05) is 45.2 Å². The molecule has 4 unspecified atom stereocenters. The summed E-state index contributed by atoms with van der Waals surface area (Å²) < 4.78 is 27.5. The molecule has 2 amide bonds. The lowest BCUT2D eigenvalue weighted by Gasteiger charge is -2.31. The van der Waals surface area contributed by atoms with Gasteiger partial charge in [-0.3, -0.25) is 9.52 Å². The second-order valence-corrected chi connectivity index (χ2v) is 14.6. The van der Waals surface area contributed by atoms with Gasteiger partial charge in [0.05, 0.1) is 17.2 Å². The van der Waals surface area contributed by atoms with Crippen molar-refractivity contribution in [2.24, 2.45) is 5.92 Å². The molecule has 3 rings (SSSR count). The van der Waals surface area contributed by atoms with E-state index in [4.69, 9.17) is 21.1 Å². The van der Waals surface area contributed by atoms with E-state index in [0.717, 1.165) is 31.4 Å². The molecule has 0 fully saturated rings. The third-order valence-corrected chi connectivity index (χ3v) is 9.25. The molecule has 11 heteroatoms. The zero-order valence-electron chi connectivity index (χ0n) is 28.3. The van der Waals surface area contributed by atoms with Crippen LogP contribution in [0.2, 0.25) is 5.02 Å². The highest BCUT2D eigenvalue weighted by Crippen LogP contribution is 2.38. The number of hydrogen-bond donors (Lipinski definition) is 2. The monoisotopic (exact) mass is 674 g/mol.